The Labute approximate surface area is 322 Å². The maximum absolute atomic E-state index is 13.2. The number of amides is 2. The number of rotatable bonds is 7. The molecule has 0 bridgehead atoms. The van der Waals surface area contributed by atoms with E-state index in [0.29, 0.717) is 24.0 Å². The van der Waals surface area contributed by atoms with Crippen LogP contribution in [0.4, 0.5) is 11.4 Å². The molecule has 5 aromatic rings. The van der Waals surface area contributed by atoms with Crippen LogP contribution in [-0.2, 0) is 23.1 Å². The molecule has 10 heteroatoms. The fourth-order valence-corrected chi connectivity index (χ4v) is 9.88. The van der Waals surface area contributed by atoms with Crippen molar-refractivity contribution in [2.45, 2.75) is 56.4 Å². The second-order valence-corrected chi connectivity index (χ2v) is 16.1. The van der Waals surface area contributed by atoms with Gasteiger partial charge in [-0.25, -0.2) is 4.79 Å². The van der Waals surface area contributed by atoms with Gasteiger partial charge in [-0.1, -0.05) is 48.5 Å². The Balaban J connectivity index is 0.804. The number of piperidine rings is 2. The van der Waals surface area contributed by atoms with E-state index in [0.717, 1.165) is 75.4 Å². The summed E-state index contributed by atoms with van der Waals surface area (Å²) < 4.78 is 3.16. The van der Waals surface area contributed by atoms with Gasteiger partial charge in [-0.05, 0) is 109 Å². The molecule has 3 fully saturated rings. The number of phenols is 1. The summed E-state index contributed by atoms with van der Waals surface area (Å²) in [4.78, 5) is 45.1. The van der Waals surface area contributed by atoms with Crippen molar-refractivity contribution in [1.29, 1.82) is 0 Å². The van der Waals surface area contributed by atoms with Crippen LogP contribution < -0.4 is 20.8 Å². The maximum atomic E-state index is 13.2. The molecular weight excluding hydrogens is 689 g/mol. The van der Waals surface area contributed by atoms with E-state index in [9.17, 15) is 19.5 Å². The van der Waals surface area contributed by atoms with Crippen LogP contribution in [0.3, 0.4) is 0 Å². The first-order chi connectivity index (χ1) is 26.8. The molecule has 0 saturated carbocycles. The SMILES string of the molecule is Cn1c(=O)n([C@@H]2CCC(=O)NC2=O)c2ccc(N3CCN(CC4CCN(c5ccc([C@@H]6c7ccc(O)cc7CC[C@@H]6c6ccccc6)cc5)CC4)CC3)cc21. The molecule has 0 radical (unpaired) electrons. The predicted molar refractivity (Wildman–Crippen MR) is 216 cm³/mol. The van der Waals surface area contributed by atoms with Crippen LogP contribution in [0.2, 0.25) is 0 Å². The Kier molecular flexibility index (Phi) is 9.46. The van der Waals surface area contributed by atoms with Crippen LogP contribution >= 0.6 is 0 Å². The molecule has 284 valence electrons. The molecule has 2 N–H and O–H groups in total. The van der Waals surface area contributed by atoms with Crippen LogP contribution in [0.5, 0.6) is 5.75 Å². The van der Waals surface area contributed by atoms with Gasteiger partial charge in [0, 0.05) is 76.6 Å². The summed E-state index contributed by atoms with van der Waals surface area (Å²) in [5.74, 6) is 0.999. The molecule has 0 unspecified atom stereocenters. The Morgan fingerprint density at radius 3 is 2.16 bits per heavy atom. The van der Waals surface area contributed by atoms with Crippen molar-refractivity contribution in [3.63, 3.8) is 0 Å². The maximum Gasteiger partial charge on any atom is 0.329 e. The average molecular weight is 739 g/mol. The van der Waals surface area contributed by atoms with Crippen LogP contribution in [-0.4, -0.2) is 76.8 Å². The van der Waals surface area contributed by atoms with E-state index in [1.807, 2.05) is 18.2 Å². The molecule has 1 aromatic heterocycles. The van der Waals surface area contributed by atoms with Crippen LogP contribution in [0, 0.1) is 5.92 Å². The number of benzene rings is 4. The number of phenolic OH excluding ortho intramolecular Hbond substituents is 1. The van der Waals surface area contributed by atoms with E-state index in [1.165, 1.54) is 40.8 Å². The number of carbonyl (C=O) groups is 2. The van der Waals surface area contributed by atoms with Crippen molar-refractivity contribution in [3.8, 4) is 5.75 Å². The zero-order valence-electron chi connectivity index (χ0n) is 31.6. The minimum atomic E-state index is -0.674. The zero-order chi connectivity index (χ0) is 37.6. The average Bonchev–Trinajstić information content (AvgIpc) is 3.46. The molecule has 3 atom stereocenters. The quantitative estimate of drug-likeness (QED) is 0.200. The van der Waals surface area contributed by atoms with Gasteiger partial charge in [0.2, 0.25) is 11.8 Å². The van der Waals surface area contributed by atoms with Crippen LogP contribution in [0.1, 0.15) is 72.2 Å². The number of imide groups is 1. The van der Waals surface area contributed by atoms with Crippen molar-refractivity contribution < 1.29 is 14.7 Å². The minimum absolute atomic E-state index is 0.232. The summed E-state index contributed by atoms with van der Waals surface area (Å²) in [6.45, 7) is 7.12. The number of piperazine rings is 1. The molecular formula is C45H50N6O4. The number of anilines is 2. The number of nitrogens with one attached hydrogen (secondary N) is 1. The third-order valence-corrected chi connectivity index (χ3v) is 12.9. The molecule has 1 aliphatic carbocycles. The molecule has 4 aromatic carbocycles. The number of aryl methyl sites for hydroxylation is 2. The number of aromatic nitrogens is 2. The molecule has 10 nitrogen and oxygen atoms in total. The monoisotopic (exact) mass is 738 g/mol. The van der Waals surface area contributed by atoms with Crippen molar-refractivity contribution in [1.82, 2.24) is 19.4 Å². The Morgan fingerprint density at radius 2 is 1.42 bits per heavy atom. The van der Waals surface area contributed by atoms with E-state index in [2.05, 4.69) is 92.8 Å². The largest absolute Gasteiger partial charge is 0.508 e. The van der Waals surface area contributed by atoms with Gasteiger partial charge < -0.3 is 14.9 Å². The van der Waals surface area contributed by atoms with Crippen molar-refractivity contribution >= 4 is 34.2 Å². The summed E-state index contributed by atoms with van der Waals surface area (Å²) in [5.41, 5.74) is 9.00. The summed E-state index contributed by atoms with van der Waals surface area (Å²) >= 11 is 0. The second kappa shape index (κ2) is 14.7. The molecule has 0 spiro atoms. The van der Waals surface area contributed by atoms with E-state index < -0.39 is 11.9 Å². The predicted octanol–water partition coefficient (Wildman–Crippen LogP) is 5.92. The topological polar surface area (TPSA) is 103 Å². The van der Waals surface area contributed by atoms with Gasteiger partial charge in [0.05, 0.1) is 11.0 Å². The Hall–Kier alpha value is -5.35. The van der Waals surface area contributed by atoms with Gasteiger partial charge in [0.15, 0.2) is 0 Å². The lowest BCUT2D eigenvalue weighted by Crippen LogP contribution is -2.49. The third kappa shape index (κ3) is 6.81. The normalized spacial score (nSPS) is 22.5. The zero-order valence-corrected chi connectivity index (χ0v) is 31.6. The molecule has 9 rings (SSSR count). The first-order valence-corrected chi connectivity index (χ1v) is 20.0. The highest BCUT2D eigenvalue weighted by atomic mass is 16.3. The number of carbonyl (C=O) groups excluding carboxylic acids is 2. The first-order valence-electron chi connectivity index (χ1n) is 20.0. The highest BCUT2D eigenvalue weighted by Crippen LogP contribution is 2.47. The summed E-state index contributed by atoms with van der Waals surface area (Å²) in [7, 11) is 1.75. The first kappa shape index (κ1) is 35.4. The lowest BCUT2D eigenvalue weighted by atomic mass is 9.69. The summed E-state index contributed by atoms with van der Waals surface area (Å²) in [5, 5.41) is 12.6. The number of hydrogen-bond donors (Lipinski definition) is 2. The molecule has 4 aliphatic rings. The van der Waals surface area contributed by atoms with Crippen molar-refractivity contribution in [2.24, 2.45) is 13.0 Å². The van der Waals surface area contributed by atoms with Gasteiger partial charge in [-0.2, -0.15) is 0 Å². The second-order valence-electron chi connectivity index (χ2n) is 16.1. The standard InChI is InChI=1S/C45H50N6O4/c1-47-41-28-35(12-16-39(41)51(45(47)55)40-17-18-42(53)46-44(40)54)50-25-23-48(24-26-50)29-30-19-21-49(22-20-30)34-10-7-32(8-11-34)43-37(31-5-3-2-4-6-31)14-9-33-27-36(52)13-15-38(33)43/h2-8,10-13,15-16,27-28,30,37,40,43,52H,9,14,17-26,29H2,1H3,(H,46,53,54)/t37-,40-,43+/m1/s1. The summed E-state index contributed by atoms with van der Waals surface area (Å²) in [6.07, 6.45) is 4.98. The van der Waals surface area contributed by atoms with Gasteiger partial charge in [-0.15, -0.1) is 0 Å². The van der Waals surface area contributed by atoms with E-state index in [4.69, 9.17) is 0 Å². The van der Waals surface area contributed by atoms with Gasteiger partial charge in [0.1, 0.15) is 11.8 Å². The summed E-state index contributed by atoms with van der Waals surface area (Å²) in [6, 6.07) is 31.6. The van der Waals surface area contributed by atoms with E-state index in [-0.39, 0.29) is 23.9 Å². The molecule has 55 heavy (non-hydrogen) atoms. The number of hydrogen-bond acceptors (Lipinski definition) is 7. The van der Waals surface area contributed by atoms with Crippen molar-refractivity contribution in [3.05, 3.63) is 124 Å². The lowest BCUT2D eigenvalue weighted by molar-refractivity contribution is -0.135. The smallest absolute Gasteiger partial charge is 0.329 e. The molecule has 3 aliphatic heterocycles. The highest BCUT2D eigenvalue weighted by molar-refractivity contribution is 6.00. The molecule has 2 amide bonds. The minimum Gasteiger partial charge on any atom is -0.508 e. The fourth-order valence-electron chi connectivity index (χ4n) is 9.88. The highest BCUT2D eigenvalue weighted by Gasteiger charge is 2.34. The molecule has 3 saturated heterocycles. The molecule has 4 heterocycles. The Bertz CT molecular complexity index is 2260. The van der Waals surface area contributed by atoms with Gasteiger partial charge >= 0.3 is 5.69 Å². The third-order valence-electron chi connectivity index (χ3n) is 12.9. The number of nitrogens with zero attached hydrogens (tertiary/aromatic N) is 5. The number of fused-ring (bicyclic) bond motifs is 2. The van der Waals surface area contributed by atoms with E-state index >= 15 is 0 Å². The van der Waals surface area contributed by atoms with Crippen molar-refractivity contribution in [2.75, 3.05) is 55.6 Å². The Morgan fingerprint density at radius 1 is 0.691 bits per heavy atom. The fraction of sp³-hybridized carbons (Fsp3) is 0.400. The lowest BCUT2D eigenvalue weighted by Gasteiger charge is -2.40. The van der Waals surface area contributed by atoms with Gasteiger partial charge in [-0.3, -0.25) is 28.9 Å². The van der Waals surface area contributed by atoms with Gasteiger partial charge in [0.25, 0.3) is 0 Å². The number of aromatic hydroxyl groups is 1. The van der Waals surface area contributed by atoms with Crippen LogP contribution in [0.15, 0.2) is 95.8 Å². The number of imidazole rings is 1. The van der Waals surface area contributed by atoms with Crippen LogP contribution in [0.25, 0.3) is 11.0 Å². The van der Waals surface area contributed by atoms with E-state index in [1.54, 1.807) is 16.2 Å².